The summed E-state index contributed by atoms with van der Waals surface area (Å²) in [5.74, 6) is 1.06. The fraction of sp³-hybridized carbons (Fsp3) is 0.421. The second-order valence-electron chi connectivity index (χ2n) is 6.73. The lowest BCUT2D eigenvalue weighted by Crippen LogP contribution is -2.29. The van der Waals surface area contributed by atoms with Crippen LogP contribution in [0.2, 0.25) is 0 Å². The van der Waals surface area contributed by atoms with Gasteiger partial charge in [-0.25, -0.2) is 4.98 Å². The number of benzene rings is 1. The van der Waals surface area contributed by atoms with Crippen molar-refractivity contribution < 1.29 is 4.42 Å². The third-order valence-corrected chi connectivity index (χ3v) is 5.05. The molecule has 0 bridgehead atoms. The molecular weight excluding hydrogens is 286 g/mol. The van der Waals surface area contributed by atoms with Gasteiger partial charge in [-0.2, -0.15) is 0 Å². The van der Waals surface area contributed by atoms with Gasteiger partial charge in [-0.3, -0.25) is 4.90 Å². The zero-order chi connectivity index (χ0) is 16.0. The van der Waals surface area contributed by atoms with Gasteiger partial charge in [-0.1, -0.05) is 0 Å². The molecule has 0 saturated carbocycles. The van der Waals surface area contributed by atoms with E-state index in [0.29, 0.717) is 12.1 Å². The highest BCUT2D eigenvalue weighted by Crippen LogP contribution is 2.33. The molecule has 120 valence electrons. The van der Waals surface area contributed by atoms with Crippen LogP contribution in [0.1, 0.15) is 38.5 Å². The maximum absolute atomic E-state index is 6.12. The van der Waals surface area contributed by atoms with Crippen LogP contribution in [-0.2, 0) is 7.05 Å². The van der Waals surface area contributed by atoms with Gasteiger partial charge in [0, 0.05) is 30.2 Å². The van der Waals surface area contributed by atoms with Gasteiger partial charge in [-0.15, -0.1) is 0 Å². The van der Waals surface area contributed by atoms with Crippen molar-refractivity contribution in [2.75, 3.05) is 6.54 Å². The lowest BCUT2D eigenvalue weighted by atomic mass is 10.1. The van der Waals surface area contributed by atoms with Crippen LogP contribution in [0.3, 0.4) is 0 Å². The average molecular weight is 309 g/mol. The molecule has 0 aliphatic carbocycles. The summed E-state index contributed by atoms with van der Waals surface area (Å²) in [5.41, 5.74) is 3.09. The summed E-state index contributed by atoms with van der Waals surface area (Å²) in [5, 5.41) is 1.15. The number of fused-ring (bicyclic) bond motifs is 1. The average Bonchev–Trinajstić information content (AvgIpc) is 3.24. The summed E-state index contributed by atoms with van der Waals surface area (Å²) in [6.45, 7) is 5.73. The molecule has 4 heteroatoms. The van der Waals surface area contributed by atoms with Crippen molar-refractivity contribution in [1.82, 2.24) is 14.5 Å². The van der Waals surface area contributed by atoms with E-state index >= 15 is 0 Å². The van der Waals surface area contributed by atoms with Gasteiger partial charge in [-0.05, 0) is 57.5 Å². The van der Waals surface area contributed by atoms with E-state index < -0.39 is 0 Å². The first kappa shape index (κ1) is 14.5. The highest BCUT2D eigenvalue weighted by Gasteiger charge is 2.27. The van der Waals surface area contributed by atoms with E-state index in [1.54, 1.807) is 0 Å². The first-order valence-electron chi connectivity index (χ1n) is 8.39. The van der Waals surface area contributed by atoms with E-state index in [1.807, 2.05) is 24.1 Å². The molecule has 2 aromatic heterocycles. The normalized spacial score (nSPS) is 20.4. The molecule has 1 aliphatic rings. The van der Waals surface area contributed by atoms with Crippen molar-refractivity contribution >= 4 is 11.0 Å². The highest BCUT2D eigenvalue weighted by atomic mass is 16.3. The van der Waals surface area contributed by atoms with E-state index in [9.17, 15) is 0 Å². The fourth-order valence-electron chi connectivity index (χ4n) is 3.69. The third-order valence-electron chi connectivity index (χ3n) is 5.05. The number of furan rings is 1. The zero-order valence-corrected chi connectivity index (χ0v) is 14.0. The van der Waals surface area contributed by atoms with E-state index in [1.165, 1.54) is 19.4 Å². The monoisotopic (exact) mass is 309 g/mol. The van der Waals surface area contributed by atoms with E-state index in [0.717, 1.165) is 28.0 Å². The molecule has 3 heterocycles. The van der Waals surface area contributed by atoms with Crippen molar-refractivity contribution in [3.8, 4) is 11.3 Å². The van der Waals surface area contributed by atoms with E-state index in [-0.39, 0.29) is 0 Å². The quantitative estimate of drug-likeness (QED) is 0.720. The Morgan fingerprint density at radius 1 is 1.30 bits per heavy atom. The first-order valence-corrected chi connectivity index (χ1v) is 8.39. The first-order chi connectivity index (χ1) is 11.1. The van der Waals surface area contributed by atoms with Gasteiger partial charge in [0.2, 0.25) is 0 Å². The predicted molar refractivity (Wildman–Crippen MR) is 92.2 cm³/mol. The molecule has 4 nitrogen and oxygen atoms in total. The summed E-state index contributed by atoms with van der Waals surface area (Å²) in [4.78, 5) is 6.97. The minimum Gasteiger partial charge on any atom is -0.459 e. The van der Waals surface area contributed by atoms with Crippen LogP contribution in [0, 0.1) is 0 Å². The van der Waals surface area contributed by atoms with E-state index in [4.69, 9.17) is 4.42 Å². The molecule has 23 heavy (non-hydrogen) atoms. The summed E-state index contributed by atoms with van der Waals surface area (Å²) in [6.07, 6.45) is 6.44. The molecule has 4 rings (SSSR count). The topological polar surface area (TPSA) is 34.2 Å². The van der Waals surface area contributed by atoms with Gasteiger partial charge in [0.15, 0.2) is 0 Å². The minimum absolute atomic E-state index is 0.332. The Labute approximate surface area is 136 Å². The van der Waals surface area contributed by atoms with Crippen LogP contribution >= 0.6 is 0 Å². The highest BCUT2D eigenvalue weighted by molar-refractivity contribution is 5.83. The van der Waals surface area contributed by atoms with Gasteiger partial charge >= 0.3 is 0 Å². The van der Waals surface area contributed by atoms with Crippen molar-refractivity contribution in [2.45, 2.75) is 38.8 Å². The molecule has 0 N–H and O–H groups in total. The van der Waals surface area contributed by atoms with Crippen LogP contribution < -0.4 is 0 Å². The molecule has 1 saturated heterocycles. The summed E-state index contributed by atoms with van der Waals surface area (Å²) >= 11 is 0. The Hall–Kier alpha value is -2.07. The van der Waals surface area contributed by atoms with Crippen molar-refractivity contribution in [2.24, 2.45) is 7.05 Å². The van der Waals surface area contributed by atoms with Gasteiger partial charge < -0.3 is 8.98 Å². The molecule has 1 aromatic carbocycles. The maximum Gasteiger partial charge on any atom is 0.134 e. The number of aromatic nitrogens is 2. The largest absolute Gasteiger partial charge is 0.459 e. The Balaban J connectivity index is 1.68. The van der Waals surface area contributed by atoms with Crippen molar-refractivity contribution in [1.29, 1.82) is 0 Å². The molecular formula is C19H23N3O. The minimum atomic E-state index is 0.332. The van der Waals surface area contributed by atoms with Gasteiger partial charge in [0.25, 0.3) is 0 Å². The lowest BCUT2D eigenvalue weighted by molar-refractivity contribution is 0.184. The smallest absolute Gasteiger partial charge is 0.134 e. The predicted octanol–water partition coefficient (Wildman–Crippen LogP) is 4.38. The molecule has 0 amide bonds. The molecule has 0 spiro atoms. The number of nitrogens with zero attached hydrogens (tertiary/aromatic N) is 3. The van der Waals surface area contributed by atoms with E-state index in [2.05, 4.69) is 48.0 Å². The number of imidazole rings is 1. The maximum atomic E-state index is 6.12. The van der Waals surface area contributed by atoms with Crippen LogP contribution in [-0.4, -0.2) is 27.0 Å². The summed E-state index contributed by atoms with van der Waals surface area (Å²) in [6, 6.07) is 9.48. The molecule has 2 atom stereocenters. The van der Waals surface area contributed by atoms with Gasteiger partial charge in [0.05, 0.1) is 18.1 Å². The molecule has 1 aliphatic heterocycles. The third kappa shape index (κ3) is 2.57. The fourth-order valence-corrected chi connectivity index (χ4v) is 3.69. The number of hydrogen-bond donors (Lipinski definition) is 0. The standard InChI is InChI=1S/C19H23N3O/c1-13-5-4-8-22(13)14(2)19-10-16-9-15(6-7-18(16)23-19)17-11-21(3)12-20-17/h6-7,9-14H,4-5,8H2,1-3H3. The van der Waals surface area contributed by atoms with Gasteiger partial charge in [0.1, 0.15) is 11.3 Å². The number of hydrogen-bond acceptors (Lipinski definition) is 3. The Morgan fingerprint density at radius 3 is 2.87 bits per heavy atom. The Bertz CT molecular complexity index is 832. The van der Waals surface area contributed by atoms with Crippen molar-refractivity contribution in [3.63, 3.8) is 0 Å². The van der Waals surface area contributed by atoms with Crippen LogP contribution in [0.25, 0.3) is 22.2 Å². The van der Waals surface area contributed by atoms with Crippen LogP contribution in [0.4, 0.5) is 0 Å². The Morgan fingerprint density at radius 2 is 2.17 bits per heavy atom. The summed E-state index contributed by atoms with van der Waals surface area (Å²) < 4.78 is 8.09. The second kappa shape index (κ2) is 5.53. The van der Waals surface area contributed by atoms with Crippen LogP contribution in [0.5, 0.6) is 0 Å². The molecule has 1 fully saturated rings. The lowest BCUT2D eigenvalue weighted by Gasteiger charge is -2.26. The second-order valence-corrected chi connectivity index (χ2v) is 6.73. The Kier molecular flexibility index (Phi) is 3.49. The van der Waals surface area contributed by atoms with Crippen molar-refractivity contribution in [3.05, 3.63) is 42.5 Å². The molecule has 0 radical (unpaired) electrons. The number of aryl methyl sites for hydroxylation is 1. The summed E-state index contributed by atoms with van der Waals surface area (Å²) in [7, 11) is 1.99. The molecule has 2 unspecified atom stereocenters. The SMILES string of the molecule is CC1CCCN1C(C)c1cc2cc(-c3cn(C)cn3)ccc2o1. The van der Waals surface area contributed by atoms with Crippen LogP contribution in [0.15, 0.2) is 41.2 Å². The zero-order valence-electron chi connectivity index (χ0n) is 14.0. The number of likely N-dealkylation sites (tertiary alicyclic amines) is 1. The number of rotatable bonds is 3. The molecule has 3 aromatic rings.